The van der Waals surface area contributed by atoms with Crippen molar-refractivity contribution in [2.45, 2.75) is 0 Å². The van der Waals surface area contributed by atoms with Crippen LogP contribution >= 0.6 is 47.1 Å². The lowest BCUT2D eigenvalue weighted by atomic mass is 15.9. The van der Waals surface area contributed by atoms with Crippen LogP contribution in [0.3, 0.4) is 0 Å². The molecule has 0 aliphatic carbocycles. The monoisotopic (exact) mass is 214 g/mol. The quantitative estimate of drug-likeness (QED) is 0.570. The third-order valence-corrected chi connectivity index (χ3v) is 0. The van der Waals surface area contributed by atoms with E-state index in [0.29, 0.717) is 0 Å². The summed E-state index contributed by atoms with van der Waals surface area (Å²) in [6, 6.07) is 0. The van der Waals surface area contributed by atoms with Gasteiger partial charge in [0.15, 0.2) is 16.3 Å². The van der Waals surface area contributed by atoms with E-state index >= 15 is 0 Å². The van der Waals surface area contributed by atoms with Crippen LogP contribution in [0.2, 0.25) is 0 Å². The molecule has 6 heteroatoms. The molecular weight excluding hydrogens is 209 g/mol. The van der Waals surface area contributed by atoms with E-state index in [0.717, 1.165) is 0 Å². The summed E-state index contributed by atoms with van der Waals surface area (Å²) in [6.45, 7) is 0. The van der Waals surface area contributed by atoms with E-state index in [1.807, 2.05) is 0 Å². The summed E-state index contributed by atoms with van der Waals surface area (Å²) in [6.07, 6.45) is 0. The number of halogens is 2. The summed E-state index contributed by atoms with van der Waals surface area (Å²) in [4.78, 5) is 0. The van der Waals surface area contributed by atoms with E-state index in [1.54, 1.807) is 0 Å². The Morgan fingerprint density at radius 2 is 1.50 bits per heavy atom. The molecule has 0 aromatic carbocycles. The Kier molecular flexibility index (Phi) is 28.1. The minimum atomic E-state index is 1.24. The van der Waals surface area contributed by atoms with Crippen molar-refractivity contribution in [3.63, 3.8) is 0 Å². The molecule has 0 spiro atoms. The van der Waals surface area contributed by atoms with E-state index in [2.05, 4.69) is 35.8 Å². The summed E-state index contributed by atoms with van der Waals surface area (Å²) in [5.74, 6) is 0. The van der Waals surface area contributed by atoms with Gasteiger partial charge >= 0.3 is 0 Å². The van der Waals surface area contributed by atoms with Crippen molar-refractivity contribution < 1.29 is 7.69 Å². The Morgan fingerprint density at radius 1 is 1.50 bits per heavy atom. The molecule has 0 fully saturated rings. The van der Waals surface area contributed by atoms with Crippen LogP contribution in [0.1, 0.15) is 0 Å². The maximum atomic E-state index is 4.51. The number of hydrogen-bond acceptors (Lipinski definition) is 2. The minimum absolute atomic E-state index is 1.24. The smallest absolute Gasteiger partial charge is 0.152 e. The second-order valence-electron chi connectivity index (χ2n) is 0.218. The van der Waals surface area contributed by atoms with E-state index in [1.165, 1.54) is 18.9 Å². The van der Waals surface area contributed by atoms with Crippen molar-refractivity contribution >= 4 is 47.1 Å². The van der Waals surface area contributed by atoms with Gasteiger partial charge in [-0.3, -0.25) is 0 Å². The van der Waals surface area contributed by atoms with E-state index in [9.17, 15) is 0 Å². The summed E-state index contributed by atoms with van der Waals surface area (Å²) in [5, 5.41) is 0. The van der Waals surface area contributed by atoms with Gasteiger partial charge in [-0.1, -0.05) is 0 Å². The van der Waals surface area contributed by atoms with Crippen LogP contribution in [-0.2, 0) is 7.69 Å². The normalized spacial score (nSPS) is 7.00. The maximum absolute atomic E-state index is 4.51. The zero-order chi connectivity index (χ0) is 5.41. The van der Waals surface area contributed by atoms with Gasteiger partial charge in [0, 0.05) is 0 Å². The van der Waals surface area contributed by atoms with Crippen molar-refractivity contribution in [1.29, 1.82) is 0 Å². The summed E-state index contributed by atoms with van der Waals surface area (Å²) in [7, 11) is 2.63. The molecule has 0 radical (unpaired) electrons. The Bertz CT molecular complexity index is 13.5. The third kappa shape index (κ3) is 47.8. The zero-order valence-electron chi connectivity index (χ0n) is 2.99. The molecule has 0 aromatic heterocycles. The Balaban J connectivity index is 0. The summed E-state index contributed by atoms with van der Waals surface area (Å²) >= 11 is 7.17. The van der Waals surface area contributed by atoms with Gasteiger partial charge in [-0.25, -0.2) is 0 Å². The molecule has 0 rings (SSSR count). The second kappa shape index (κ2) is 16.0. The van der Waals surface area contributed by atoms with Gasteiger partial charge < -0.3 is 0 Å². The fraction of sp³-hybridized carbons (Fsp3) is 0. The fourth-order valence-electron chi connectivity index (χ4n) is 0. The van der Waals surface area contributed by atoms with Crippen LogP contribution in [0, 0.1) is 0 Å². The third-order valence-electron chi connectivity index (χ3n) is 0. The molecule has 6 heavy (non-hydrogen) atoms. The standard InChI is InChI=1S/BrH3OP.ClH3OP/c2*1-2-3/h2*3H3/q2*+1. The molecule has 0 amide bonds. The Hall–Kier alpha value is 1.55. The highest BCUT2D eigenvalue weighted by Gasteiger charge is 1.41. The molecule has 40 valence electrons. The molecule has 0 aromatic rings. The van der Waals surface area contributed by atoms with Gasteiger partial charge in [-0.05, 0) is 0 Å². The lowest BCUT2D eigenvalue weighted by Gasteiger charge is -1.44. The van der Waals surface area contributed by atoms with Gasteiger partial charge in [0.05, 0.1) is 0 Å². The molecule has 0 aliphatic heterocycles. The summed E-state index contributed by atoms with van der Waals surface area (Å²) < 4.78 is 7.84. The van der Waals surface area contributed by atoms with Crippen LogP contribution in [0.5, 0.6) is 0 Å². The maximum Gasteiger partial charge on any atom is 0.152 e. The van der Waals surface area contributed by atoms with Crippen LogP contribution in [0.4, 0.5) is 0 Å². The SMILES string of the molecule is [PH3+]OBr.[PH3+]OCl. The molecule has 2 atom stereocenters. The first-order valence-corrected chi connectivity index (χ1v) is 3.00. The summed E-state index contributed by atoms with van der Waals surface area (Å²) in [5.41, 5.74) is 0. The predicted molar refractivity (Wildman–Crippen MR) is 39.2 cm³/mol. The average molecular weight is 215 g/mol. The van der Waals surface area contributed by atoms with E-state index < -0.39 is 0 Å². The second-order valence-corrected chi connectivity index (χ2v) is 2.68. The van der Waals surface area contributed by atoms with Crippen molar-refractivity contribution in [3.8, 4) is 0 Å². The van der Waals surface area contributed by atoms with Crippen LogP contribution in [-0.4, -0.2) is 0 Å². The molecule has 2 unspecified atom stereocenters. The lowest BCUT2D eigenvalue weighted by Crippen LogP contribution is -1.12. The van der Waals surface area contributed by atoms with Crippen molar-refractivity contribution in [1.82, 2.24) is 0 Å². The molecule has 0 N–H and O–H groups in total. The lowest BCUT2D eigenvalue weighted by molar-refractivity contribution is 0.728. The Morgan fingerprint density at radius 3 is 1.50 bits per heavy atom. The van der Waals surface area contributed by atoms with Crippen LogP contribution in [0.25, 0.3) is 0 Å². The van der Waals surface area contributed by atoms with Gasteiger partial charge in [0.2, 0.25) is 0 Å². The molecule has 0 bridgehead atoms. The number of rotatable bonds is 0. The number of hydrogen-bond donors (Lipinski definition) is 0. The largest absolute Gasteiger partial charge is 0.171 e. The first-order chi connectivity index (χ1) is 2.83. The van der Waals surface area contributed by atoms with E-state index in [-0.39, 0.29) is 0 Å². The topological polar surface area (TPSA) is 18.5 Å². The minimum Gasteiger partial charge on any atom is -0.171 e. The molecule has 2 nitrogen and oxygen atoms in total. The molecule has 0 aliphatic rings. The van der Waals surface area contributed by atoms with Crippen molar-refractivity contribution in [3.05, 3.63) is 0 Å². The molecule has 0 heterocycles. The van der Waals surface area contributed by atoms with Crippen LogP contribution in [0.15, 0.2) is 0 Å². The van der Waals surface area contributed by atoms with Gasteiger partial charge in [0.1, 0.15) is 30.8 Å². The molecule has 0 saturated heterocycles. The highest BCUT2D eigenvalue weighted by molar-refractivity contribution is 9.06. The first kappa shape index (κ1) is 10.5. The van der Waals surface area contributed by atoms with Gasteiger partial charge in [0.25, 0.3) is 0 Å². The predicted octanol–water partition coefficient (Wildman–Crippen LogP) is 1.51. The van der Waals surface area contributed by atoms with E-state index in [4.69, 9.17) is 0 Å². The van der Waals surface area contributed by atoms with Gasteiger partial charge in [-0.15, -0.1) is 4.08 Å². The average Bonchev–Trinajstić information content (AvgIpc) is 1.39. The highest BCUT2D eigenvalue weighted by Crippen LogP contribution is 1.88. The fourth-order valence-corrected chi connectivity index (χ4v) is 0. The van der Waals surface area contributed by atoms with Gasteiger partial charge in [-0.2, -0.15) is 3.62 Å². The molecular formula is H6BrClO2P2+2. The molecule has 0 saturated carbocycles. The zero-order valence-corrected chi connectivity index (χ0v) is 8.16. The highest BCUT2D eigenvalue weighted by atomic mass is 79.9. The first-order valence-electron chi connectivity index (χ1n) is 0.886. The van der Waals surface area contributed by atoms with Crippen molar-refractivity contribution in [2.24, 2.45) is 0 Å². The van der Waals surface area contributed by atoms with Crippen molar-refractivity contribution in [2.75, 3.05) is 0 Å². The van der Waals surface area contributed by atoms with Crippen LogP contribution < -0.4 is 0 Å². The Labute approximate surface area is 55.1 Å².